The zero-order chi connectivity index (χ0) is 11.1. The molecule has 0 amide bonds. The summed E-state index contributed by atoms with van der Waals surface area (Å²) in [5.41, 5.74) is 0.126. The van der Waals surface area contributed by atoms with Crippen molar-refractivity contribution in [2.45, 2.75) is 13.3 Å². The number of carbonyl (C=O) groups is 2. The largest absolute Gasteiger partial charge is 0.478 e. The number of allylic oxidation sites excluding steroid dienone is 1. The monoisotopic (exact) mass is 198 g/mol. The number of rotatable bonds is 6. The molecule has 0 bridgehead atoms. The molecule has 0 heterocycles. The highest BCUT2D eigenvalue weighted by molar-refractivity contribution is 5.90. The van der Waals surface area contributed by atoms with Crippen molar-refractivity contribution < 1.29 is 19.8 Å². The minimum atomic E-state index is -1.05. The van der Waals surface area contributed by atoms with Gasteiger partial charge in [0.15, 0.2) is 5.78 Å². The van der Waals surface area contributed by atoms with Gasteiger partial charge >= 0.3 is 5.97 Å². The Bertz CT molecular complexity index is 265. The van der Waals surface area contributed by atoms with Gasteiger partial charge in [-0.2, -0.15) is 0 Å². The van der Waals surface area contributed by atoms with Crippen LogP contribution in [0.25, 0.3) is 0 Å². The summed E-state index contributed by atoms with van der Waals surface area (Å²) in [5.74, 6) is -1.70. The molecule has 0 fully saturated rings. The molecule has 0 aromatic rings. The number of ketones is 1. The van der Waals surface area contributed by atoms with Crippen LogP contribution in [0.15, 0.2) is 24.3 Å². The van der Waals surface area contributed by atoms with Gasteiger partial charge in [-0.25, -0.2) is 4.79 Å². The van der Waals surface area contributed by atoms with E-state index in [0.29, 0.717) is 0 Å². The van der Waals surface area contributed by atoms with Gasteiger partial charge in [0.05, 0.1) is 0 Å². The molecule has 0 aromatic carbocycles. The molecular formula is C10H14O4. The van der Waals surface area contributed by atoms with Gasteiger partial charge in [0.1, 0.15) is 0 Å². The number of carbonyl (C=O) groups excluding carboxylic acids is 1. The second kappa shape index (κ2) is 6.10. The molecule has 14 heavy (non-hydrogen) atoms. The van der Waals surface area contributed by atoms with E-state index in [1.165, 1.54) is 13.0 Å². The normalized spacial score (nSPS) is 13.4. The highest BCUT2D eigenvalue weighted by Crippen LogP contribution is 2.09. The molecule has 1 atom stereocenters. The van der Waals surface area contributed by atoms with E-state index >= 15 is 0 Å². The molecule has 0 aliphatic rings. The lowest BCUT2D eigenvalue weighted by Crippen LogP contribution is -2.10. The number of carboxylic acid groups (broad SMARTS) is 1. The Labute approximate surface area is 82.6 Å². The predicted molar refractivity (Wildman–Crippen MR) is 51.8 cm³/mol. The van der Waals surface area contributed by atoms with E-state index in [9.17, 15) is 9.59 Å². The first-order valence-electron chi connectivity index (χ1n) is 4.19. The summed E-state index contributed by atoms with van der Waals surface area (Å²) >= 11 is 0. The fourth-order valence-corrected chi connectivity index (χ4v) is 0.943. The lowest BCUT2D eigenvalue weighted by Gasteiger charge is -2.07. The molecule has 0 saturated heterocycles. The predicted octanol–water partition coefficient (Wildman–Crippen LogP) is 0.771. The van der Waals surface area contributed by atoms with E-state index < -0.39 is 11.9 Å². The van der Waals surface area contributed by atoms with Gasteiger partial charge in [0.25, 0.3) is 0 Å². The van der Waals surface area contributed by atoms with Crippen molar-refractivity contribution in [2.24, 2.45) is 5.92 Å². The zero-order valence-corrected chi connectivity index (χ0v) is 8.06. The summed E-state index contributed by atoms with van der Waals surface area (Å²) in [6, 6.07) is 0. The van der Waals surface area contributed by atoms with Crippen molar-refractivity contribution in [3.05, 3.63) is 24.3 Å². The van der Waals surface area contributed by atoms with Crippen LogP contribution in [-0.4, -0.2) is 28.6 Å². The lowest BCUT2D eigenvalue weighted by atomic mass is 10.0. The molecule has 1 unspecified atom stereocenters. The van der Waals surface area contributed by atoms with Gasteiger partial charge in [-0.15, -0.1) is 0 Å². The number of hydrogen-bond donors (Lipinski definition) is 2. The number of aliphatic hydroxyl groups excluding tert-OH is 1. The van der Waals surface area contributed by atoms with E-state index in [4.69, 9.17) is 10.2 Å². The lowest BCUT2D eigenvalue weighted by molar-refractivity contribution is -0.132. The van der Waals surface area contributed by atoms with Crippen molar-refractivity contribution in [3.8, 4) is 0 Å². The second-order valence-corrected chi connectivity index (χ2v) is 2.97. The maximum Gasteiger partial charge on any atom is 0.330 e. The molecule has 0 saturated carbocycles. The first-order valence-corrected chi connectivity index (χ1v) is 4.19. The van der Waals surface area contributed by atoms with Crippen LogP contribution in [0.2, 0.25) is 0 Å². The van der Waals surface area contributed by atoms with E-state index in [0.717, 1.165) is 6.08 Å². The number of carboxylic acids is 1. The molecule has 0 spiro atoms. The molecule has 2 N–H and O–H groups in total. The molecular weight excluding hydrogens is 184 g/mol. The van der Waals surface area contributed by atoms with Gasteiger partial charge in [0, 0.05) is 24.5 Å². The van der Waals surface area contributed by atoms with Crippen LogP contribution in [-0.2, 0) is 9.59 Å². The van der Waals surface area contributed by atoms with Gasteiger partial charge in [-0.05, 0) is 13.0 Å². The summed E-state index contributed by atoms with van der Waals surface area (Å²) < 4.78 is 0. The number of aliphatic carboxylic acids is 1. The fourth-order valence-electron chi connectivity index (χ4n) is 0.943. The fraction of sp³-hybridized carbons (Fsp3) is 0.400. The second-order valence-electron chi connectivity index (χ2n) is 2.97. The van der Waals surface area contributed by atoms with Crippen molar-refractivity contribution in [2.75, 3.05) is 6.61 Å². The quantitative estimate of drug-likeness (QED) is 0.618. The highest BCUT2D eigenvalue weighted by Gasteiger charge is 2.10. The minimum absolute atomic E-state index is 0.0879. The molecule has 4 heteroatoms. The Morgan fingerprint density at radius 2 is 2.07 bits per heavy atom. The van der Waals surface area contributed by atoms with Crippen molar-refractivity contribution in [1.29, 1.82) is 0 Å². The van der Waals surface area contributed by atoms with E-state index in [2.05, 4.69) is 6.58 Å². The van der Waals surface area contributed by atoms with Gasteiger partial charge in [0.2, 0.25) is 0 Å². The van der Waals surface area contributed by atoms with Gasteiger partial charge < -0.3 is 10.2 Å². The van der Waals surface area contributed by atoms with E-state index in [-0.39, 0.29) is 24.4 Å². The third-order valence-electron chi connectivity index (χ3n) is 1.75. The van der Waals surface area contributed by atoms with Crippen LogP contribution in [0, 0.1) is 5.92 Å². The summed E-state index contributed by atoms with van der Waals surface area (Å²) in [6.07, 6.45) is 2.63. The van der Waals surface area contributed by atoms with Crippen molar-refractivity contribution in [3.63, 3.8) is 0 Å². The van der Waals surface area contributed by atoms with E-state index in [1.54, 1.807) is 0 Å². The molecule has 0 radical (unpaired) electrons. The van der Waals surface area contributed by atoms with Crippen LogP contribution in [0.5, 0.6) is 0 Å². The van der Waals surface area contributed by atoms with Crippen LogP contribution in [0.3, 0.4) is 0 Å². The average molecular weight is 198 g/mol. The first-order chi connectivity index (χ1) is 6.51. The van der Waals surface area contributed by atoms with Crippen LogP contribution in [0.1, 0.15) is 13.3 Å². The summed E-state index contributed by atoms with van der Waals surface area (Å²) in [5, 5.41) is 17.4. The highest BCUT2D eigenvalue weighted by atomic mass is 16.4. The standard InChI is InChI=1S/C10H14O4/c1-3-9(12)5-8(6-11)4-7(2)10(13)14/h3-4,8,11H,1,5-6H2,2H3,(H,13,14). The first kappa shape index (κ1) is 12.6. The molecule has 0 rings (SSSR count). The zero-order valence-electron chi connectivity index (χ0n) is 8.06. The molecule has 4 nitrogen and oxygen atoms in total. The topological polar surface area (TPSA) is 74.6 Å². The summed E-state index contributed by atoms with van der Waals surface area (Å²) in [6.45, 7) is 4.47. The smallest absolute Gasteiger partial charge is 0.330 e. The third kappa shape index (κ3) is 4.57. The van der Waals surface area contributed by atoms with Crippen molar-refractivity contribution >= 4 is 11.8 Å². The molecule has 0 aromatic heterocycles. The minimum Gasteiger partial charge on any atom is -0.478 e. The average Bonchev–Trinajstić information content (AvgIpc) is 2.16. The molecule has 0 aliphatic heterocycles. The Morgan fingerprint density at radius 3 is 2.43 bits per heavy atom. The maximum atomic E-state index is 10.9. The van der Waals surface area contributed by atoms with Gasteiger partial charge in [-0.3, -0.25) is 4.79 Å². The van der Waals surface area contributed by atoms with Gasteiger partial charge in [-0.1, -0.05) is 12.7 Å². The molecule has 0 aliphatic carbocycles. The summed E-state index contributed by atoms with van der Waals surface area (Å²) in [7, 11) is 0. The Balaban J connectivity index is 4.42. The maximum absolute atomic E-state index is 10.9. The Morgan fingerprint density at radius 1 is 1.50 bits per heavy atom. The third-order valence-corrected chi connectivity index (χ3v) is 1.75. The van der Waals surface area contributed by atoms with Crippen LogP contribution < -0.4 is 0 Å². The number of aliphatic hydroxyl groups is 1. The van der Waals surface area contributed by atoms with Crippen molar-refractivity contribution in [1.82, 2.24) is 0 Å². The number of hydrogen-bond acceptors (Lipinski definition) is 3. The van der Waals surface area contributed by atoms with Crippen LogP contribution in [0.4, 0.5) is 0 Å². The van der Waals surface area contributed by atoms with Crippen LogP contribution >= 0.6 is 0 Å². The summed E-state index contributed by atoms with van der Waals surface area (Å²) in [4.78, 5) is 21.4. The SMILES string of the molecule is C=CC(=O)CC(C=C(C)C(=O)O)CO. The molecule has 78 valence electrons. The van der Waals surface area contributed by atoms with E-state index in [1.807, 2.05) is 0 Å². The Kier molecular flexibility index (Phi) is 5.48. The Hall–Kier alpha value is -1.42.